The molecule has 1 atom stereocenters. The van der Waals surface area contributed by atoms with E-state index in [4.69, 9.17) is 5.73 Å². The molecule has 0 saturated heterocycles. The fourth-order valence-corrected chi connectivity index (χ4v) is 2.24. The van der Waals surface area contributed by atoms with Crippen LogP contribution in [0, 0.1) is 0 Å². The highest BCUT2D eigenvalue weighted by Crippen LogP contribution is 2.09. The van der Waals surface area contributed by atoms with Crippen LogP contribution < -0.4 is 11.1 Å². The number of nitrogens with two attached hydrogens (primary N) is 1. The van der Waals surface area contributed by atoms with Gasteiger partial charge < -0.3 is 16.0 Å². The Morgan fingerprint density at radius 1 is 1.22 bits per heavy atom. The molecule has 0 aromatic carbocycles. The minimum Gasteiger partial charge on any atom is -0.370 e. The van der Waals surface area contributed by atoms with Crippen LogP contribution in [0.2, 0.25) is 0 Å². The van der Waals surface area contributed by atoms with Gasteiger partial charge in [0.25, 0.3) is 0 Å². The monoisotopic (exact) mass is 251 g/mol. The number of allylic oxidation sites excluding steroid dienone is 1. The molecule has 1 unspecified atom stereocenters. The van der Waals surface area contributed by atoms with Crippen molar-refractivity contribution in [3.05, 3.63) is 24.6 Å². The fourth-order valence-electron chi connectivity index (χ4n) is 2.24. The van der Waals surface area contributed by atoms with Crippen molar-refractivity contribution < 1.29 is 0 Å². The summed E-state index contributed by atoms with van der Waals surface area (Å²) in [7, 11) is 0. The SMILES string of the molecule is CCCCCCC/C=C/CC1NC=CN1CCN. The standard InChI is InChI=1S/C15H29N3/c1-2-3-4-5-6-7-8-9-10-15-17-12-14-18(15)13-11-16/h8-9,12,14-15,17H,2-7,10-11,13,16H2,1H3/b9-8+. The highest BCUT2D eigenvalue weighted by atomic mass is 15.3. The van der Waals surface area contributed by atoms with Crippen LogP contribution in [-0.2, 0) is 0 Å². The summed E-state index contributed by atoms with van der Waals surface area (Å²) in [6, 6.07) is 0. The first kappa shape index (κ1) is 15.1. The summed E-state index contributed by atoms with van der Waals surface area (Å²) < 4.78 is 0. The molecule has 0 aliphatic carbocycles. The topological polar surface area (TPSA) is 41.3 Å². The molecule has 18 heavy (non-hydrogen) atoms. The van der Waals surface area contributed by atoms with Crippen LogP contribution in [0.15, 0.2) is 24.6 Å². The lowest BCUT2D eigenvalue weighted by molar-refractivity contribution is 0.287. The highest BCUT2D eigenvalue weighted by Gasteiger charge is 2.15. The fraction of sp³-hybridized carbons (Fsp3) is 0.733. The van der Waals surface area contributed by atoms with E-state index in [-0.39, 0.29) is 0 Å². The summed E-state index contributed by atoms with van der Waals surface area (Å²) in [6.45, 7) is 3.90. The van der Waals surface area contributed by atoms with Crippen molar-refractivity contribution in [2.24, 2.45) is 5.73 Å². The van der Waals surface area contributed by atoms with Gasteiger partial charge in [0.1, 0.15) is 6.17 Å². The first-order valence-electron chi connectivity index (χ1n) is 7.42. The van der Waals surface area contributed by atoms with Gasteiger partial charge in [-0.3, -0.25) is 0 Å². The van der Waals surface area contributed by atoms with E-state index in [2.05, 4.69) is 35.5 Å². The summed E-state index contributed by atoms with van der Waals surface area (Å²) in [5, 5.41) is 3.35. The van der Waals surface area contributed by atoms with Crippen molar-refractivity contribution in [3.8, 4) is 0 Å². The first-order chi connectivity index (χ1) is 8.88. The second-order valence-corrected chi connectivity index (χ2v) is 4.93. The van der Waals surface area contributed by atoms with Crippen molar-refractivity contribution in [2.45, 2.75) is 58.0 Å². The maximum absolute atomic E-state index is 5.58. The third-order valence-corrected chi connectivity index (χ3v) is 3.34. The molecule has 0 amide bonds. The molecule has 3 N–H and O–H groups in total. The predicted molar refractivity (Wildman–Crippen MR) is 79.0 cm³/mol. The Morgan fingerprint density at radius 2 is 2.06 bits per heavy atom. The molecule has 0 aromatic heterocycles. The molecule has 1 aliphatic heterocycles. The molecule has 0 radical (unpaired) electrons. The Balaban J connectivity index is 2.02. The molecule has 104 valence electrons. The van der Waals surface area contributed by atoms with Gasteiger partial charge in [0, 0.05) is 31.9 Å². The number of hydrogen-bond acceptors (Lipinski definition) is 3. The lowest BCUT2D eigenvalue weighted by Gasteiger charge is -2.23. The second kappa shape index (κ2) is 10.0. The van der Waals surface area contributed by atoms with Crippen LogP contribution in [0.3, 0.4) is 0 Å². The average molecular weight is 251 g/mol. The van der Waals surface area contributed by atoms with Crippen LogP contribution >= 0.6 is 0 Å². The maximum Gasteiger partial charge on any atom is 0.102 e. The van der Waals surface area contributed by atoms with E-state index in [0.29, 0.717) is 12.7 Å². The second-order valence-electron chi connectivity index (χ2n) is 4.93. The number of unbranched alkanes of at least 4 members (excludes halogenated alkanes) is 5. The quantitative estimate of drug-likeness (QED) is 0.463. The number of hydrogen-bond donors (Lipinski definition) is 2. The van der Waals surface area contributed by atoms with Crippen molar-refractivity contribution in [3.63, 3.8) is 0 Å². The van der Waals surface area contributed by atoms with Crippen molar-refractivity contribution >= 4 is 0 Å². The molecule has 0 saturated carbocycles. The van der Waals surface area contributed by atoms with Crippen molar-refractivity contribution in [1.82, 2.24) is 10.2 Å². The molecular formula is C15H29N3. The van der Waals surface area contributed by atoms with E-state index < -0.39 is 0 Å². The van der Waals surface area contributed by atoms with Gasteiger partial charge in [-0.05, 0) is 12.8 Å². The third kappa shape index (κ3) is 6.10. The van der Waals surface area contributed by atoms with E-state index >= 15 is 0 Å². The summed E-state index contributed by atoms with van der Waals surface area (Å²) in [5.41, 5.74) is 5.58. The predicted octanol–water partition coefficient (Wildman–Crippen LogP) is 2.95. The lowest BCUT2D eigenvalue weighted by Crippen LogP contribution is -2.37. The van der Waals surface area contributed by atoms with Gasteiger partial charge in [0.2, 0.25) is 0 Å². The van der Waals surface area contributed by atoms with Gasteiger partial charge >= 0.3 is 0 Å². The zero-order valence-electron chi connectivity index (χ0n) is 11.8. The Bertz CT molecular complexity index is 248. The lowest BCUT2D eigenvalue weighted by atomic mass is 10.1. The number of rotatable bonds is 10. The summed E-state index contributed by atoms with van der Waals surface area (Å²) >= 11 is 0. The highest BCUT2D eigenvalue weighted by molar-refractivity contribution is 4.98. The molecular weight excluding hydrogens is 222 g/mol. The zero-order chi connectivity index (χ0) is 13.1. The van der Waals surface area contributed by atoms with E-state index in [1.54, 1.807) is 0 Å². The molecule has 3 heteroatoms. The third-order valence-electron chi connectivity index (χ3n) is 3.34. The van der Waals surface area contributed by atoms with Crippen LogP contribution in [0.25, 0.3) is 0 Å². The largest absolute Gasteiger partial charge is 0.370 e. The van der Waals surface area contributed by atoms with Gasteiger partial charge in [-0.2, -0.15) is 0 Å². The summed E-state index contributed by atoms with van der Waals surface area (Å²) in [4.78, 5) is 2.27. The zero-order valence-corrected chi connectivity index (χ0v) is 11.8. The van der Waals surface area contributed by atoms with Gasteiger partial charge in [0.15, 0.2) is 0 Å². The minimum absolute atomic E-state index is 0.407. The Morgan fingerprint density at radius 3 is 2.83 bits per heavy atom. The van der Waals surface area contributed by atoms with Crippen LogP contribution in [0.5, 0.6) is 0 Å². The van der Waals surface area contributed by atoms with Crippen LogP contribution in [0.4, 0.5) is 0 Å². The van der Waals surface area contributed by atoms with Gasteiger partial charge in [-0.25, -0.2) is 0 Å². The van der Waals surface area contributed by atoms with Gasteiger partial charge in [0.05, 0.1) is 0 Å². The summed E-state index contributed by atoms with van der Waals surface area (Å²) in [6.07, 6.45) is 18.2. The van der Waals surface area contributed by atoms with Crippen LogP contribution in [-0.4, -0.2) is 24.2 Å². The van der Waals surface area contributed by atoms with Crippen LogP contribution in [0.1, 0.15) is 51.9 Å². The first-order valence-corrected chi connectivity index (χ1v) is 7.42. The minimum atomic E-state index is 0.407. The molecule has 0 spiro atoms. The number of nitrogens with zero attached hydrogens (tertiary/aromatic N) is 1. The molecule has 0 aromatic rings. The van der Waals surface area contributed by atoms with E-state index in [9.17, 15) is 0 Å². The Labute approximate surface area is 112 Å². The van der Waals surface area contributed by atoms with E-state index in [0.717, 1.165) is 13.0 Å². The normalized spacial score (nSPS) is 18.8. The van der Waals surface area contributed by atoms with Crippen molar-refractivity contribution in [1.29, 1.82) is 0 Å². The average Bonchev–Trinajstić information content (AvgIpc) is 2.81. The summed E-state index contributed by atoms with van der Waals surface area (Å²) in [5.74, 6) is 0. The van der Waals surface area contributed by atoms with Gasteiger partial charge in [-0.15, -0.1) is 0 Å². The Hall–Kier alpha value is -0.960. The van der Waals surface area contributed by atoms with Crippen molar-refractivity contribution in [2.75, 3.05) is 13.1 Å². The van der Waals surface area contributed by atoms with E-state index in [1.165, 1.54) is 38.5 Å². The molecule has 0 bridgehead atoms. The van der Waals surface area contributed by atoms with E-state index in [1.807, 2.05) is 6.20 Å². The molecule has 3 nitrogen and oxygen atoms in total. The molecule has 1 aliphatic rings. The number of nitrogens with one attached hydrogen (secondary N) is 1. The molecule has 1 rings (SSSR count). The smallest absolute Gasteiger partial charge is 0.102 e. The molecule has 1 heterocycles. The van der Waals surface area contributed by atoms with Gasteiger partial charge in [-0.1, -0.05) is 44.8 Å². The Kier molecular flexibility index (Phi) is 8.40. The maximum atomic E-state index is 5.58. The molecule has 0 fully saturated rings.